The van der Waals surface area contributed by atoms with Gasteiger partial charge in [-0.05, 0) is 30.5 Å². The van der Waals surface area contributed by atoms with Gasteiger partial charge in [0.15, 0.2) is 11.0 Å². The minimum absolute atomic E-state index is 0.181. The van der Waals surface area contributed by atoms with Gasteiger partial charge in [0.1, 0.15) is 0 Å². The molecular formula is C22H19N5OS2. The SMILES string of the molecule is Cc1ccc(-n2c(SCC(=O)N/N=C/c3cccs3)nnc2-c2ccccc2)cc1. The minimum atomic E-state index is -0.201. The lowest BCUT2D eigenvalue weighted by Crippen LogP contribution is -2.19. The number of hydrogen-bond acceptors (Lipinski definition) is 6. The Morgan fingerprint density at radius 2 is 1.90 bits per heavy atom. The summed E-state index contributed by atoms with van der Waals surface area (Å²) in [6.45, 7) is 2.05. The normalized spacial score (nSPS) is 11.1. The number of benzene rings is 2. The molecule has 0 aliphatic rings. The number of thioether (sulfide) groups is 1. The van der Waals surface area contributed by atoms with Crippen LogP contribution in [0.1, 0.15) is 10.4 Å². The highest BCUT2D eigenvalue weighted by molar-refractivity contribution is 7.99. The van der Waals surface area contributed by atoms with Gasteiger partial charge in [0, 0.05) is 16.1 Å². The van der Waals surface area contributed by atoms with Crippen molar-refractivity contribution in [2.24, 2.45) is 5.10 Å². The average Bonchev–Trinajstić information content (AvgIpc) is 3.43. The summed E-state index contributed by atoms with van der Waals surface area (Å²) in [5.41, 5.74) is 5.63. The fraction of sp³-hybridized carbons (Fsp3) is 0.0909. The lowest BCUT2D eigenvalue weighted by molar-refractivity contribution is -0.118. The molecule has 1 N–H and O–H groups in total. The Morgan fingerprint density at radius 1 is 1.10 bits per heavy atom. The number of carbonyl (C=O) groups is 1. The fourth-order valence-electron chi connectivity index (χ4n) is 2.76. The van der Waals surface area contributed by atoms with Crippen molar-refractivity contribution < 1.29 is 4.79 Å². The van der Waals surface area contributed by atoms with E-state index in [2.05, 4.69) is 20.7 Å². The van der Waals surface area contributed by atoms with Gasteiger partial charge in [0.25, 0.3) is 5.91 Å². The molecule has 0 fully saturated rings. The van der Waals surface area contributed by atoms with Crippen molar-refractivity contribution in [2.75, 3.05) is 5.75 Å². The Balaban J connectivity index is 1.53. The van der Waals surface area contributed by atoms with E-state index < -0.39 is 0 Å². The van der Waals surface area contributed by atoms with Gasteiger partial charge in [-0.15, -0.1) is 21.5 Å². The third kappa shape index (κ3) is 4.84. The highest BCUT2D eigenvalue weighted by Gasteiger charge is 2.17. The maximum absolute atomic E-state index is 12.2. The quantitative estimate of drug-likeness (QED) is 0.264. The van der Waals surface area contributed by atoms with E-state index in [9.17, 15) is 4.79 Å². The van der Waals surface area contributed by atoms with Gasteiger partial charge in [-0.3, -0.25) is 9.36 Å². The lowest BCUT2D eigenvalue weighted by atomic mass is 10.2. The fourth-order valence-corrected chi connectivity index (χ4v) is 4.09. The van der Waals surface area contributed by atoms with Gasteiger partial charge in [-0.1, -0.05) is 65.9 Å². The average molecular weight is 434 g/mol. The molecule has 4 aromatic rings. The Bertz CT molecular complexity index is 1140. The molecule has 0 spiro atoms. The van der Waals surface area contributed by atoms with Crippen LogP contribution >= 0.6 is 23.1 Å². The van der Waals surface area contributed by atoms with Gasteiger partial charge < -0.3 is 0 Å². The largest absolute Gasteiger partial charge is 0.272 e. The smallest absolute Gasteiger partial charge is 0.250 e. The summed E-state index contributed by atoms with van der Waals surface area (Å²) in [6, 6.07) is 21.9. The van der Waals surface area contributed by atoms with Crippen LogP contribution in [0.15, 0.2) is 82.4 Å². The standard InChI is InChI=1S/C22H19N5OS2/c1-16-9-11-18(12-10-16)27-21(17-6-3-2-4-7-17)25-26-22(27)30-15-20(28)24-23-14-19-8-5-13-29-19/h2-14H,15H2,1H3,(H,24,28)/b23-14+. The van der Waals surface area contributed by atoms with Gasteiger partial charge in [-0.2, -0.15) is 5.10 Å². The van der Waals surface area contributed by atoms with Crippen molar-refractivity contribution in [3.8, 4) is 17.1 Å². The number of carbonyl (C=O) groups excluding carboxylic acids is 1. The zero-order chi connectivity index (χ0) is 20.8. The van der Waals surface area contributed by atoms with Crippen LogP contribution in [-0.4, -0.2) is 32.6 Å². The first-order valence-electron chi connectivity index (χ1n) is 9.27. The molecule has 0 saturated carbocycles. The van der Waals surface area contributed by atoms with E-state index in [0.29, 0.717) is 5.16 Å². The maximum atomic E-state index is 12.2. The molecule has 30 heavy (non-hydrogen) atoms. The Hall–Kier alpha value is -3.23. The number of hydrazone groups is 1. The van der Waals surface area contributed by atoms with E-state index in [1.165, 1.54) is 17.3 Å². The van der Waals surface area contributed by atoms with Crippen molar-refractivity contribution >= 4 is 35.2 Å². The molecule has 0 bridgehead atoms. The lowest BCUT2D eigenvalue weighted by Gasteiger charge is -2.10. The summed E-state index contributed by atoms with van der Waals surface area (Å²) in [7, 11) is 0. The predicted molar refractivity (Wildman–Crippen MR) is 122 cm³/mol. The second kappa shape index (κ2) is 9.51. The number of hydrogen-bond donors (Lipinski definition) is 1. The van der Waals surface area contributed by atoms with Crippen LogP contribution in [0, 0.1) is 6.92 Å². The van der Waals surface area contributed by atoms with Crippen LogP contribution in [0.2, 0.25) is 0 Å². The van der Waals surface area contributed by atoms with E-state index in [1.54, 1.807) is 17.6 Å². The number of rotatable bonds is 7. The van der Waals surface area contributed by atoms with Gasteiger partial charge >= 0.3 is 0 Å². The number of thiophene rings is 1. The molecule has 0 radical (unpaired) electrons. The van der Waals surface area contributed by atoms with Crippen molar-refractivity contribution in [3.05, 3.63) is 82.6 Å². The molecule has 2 heterocycles. The highest BCUT2D eigenvalue weighted by Crippen LogP contribution is 2.28. The zero-order valence-electron chi connectivity index (χ0n) is 16.2. The molecule has 150 valence electrons. The first-order chi connectivity index (χ1) is 14.7. The van der Waals surface area contributed by atoms with Crippen LogP contribution in [0.4, 0.5) is 0 Å². The van der Waals surface area contributed by atoms with Crippen LogP contribution in [0.3, 0.4) is 0 Å². The van der Waals surface area contributed by atoms with E-state index in [1.807, 2.05) is 83.6 Å². The Kier molecular flexibility index (Phi) is 6.36. The third-order valence-electron chi connectivity index (χ3n) is 4.21. The summed E-state index contributed by atoms with van der Waals surface area (Å²) in [5, 5.41) is 15.3. The number of aromatic nitrogens is 3. The summed E-state index contributed by atoms with van der Waals surface area (Å²) in [6.07, 6.45) is 1.63. The number of nitrogens with one attached hydrogen (secondary N) is 1. The van der Waals surface area contributed by atoms with Crippen molar-refractivity contribution in [3.63, 3.8) is 0 Å². The molecule has 0 atom stereocenters. The van der Waals surface area contributed by atoms with Crippen LogP contribution < -0.4 is 5.43 Å². The molecule has 6 nitrogen and oxygen atoms in total. The van der Waals surface area contributed by atoms with E-state index >= 15 is 0 Å². The highest BCUT2D eigenvalue weighted by atomic mass is 32.2. The molecule has 0 saturated heterocycles. The van der Waals surface area contributed by atoms with Gasteiger partial charge in [0.2, 0.25) is 0 Å². The monoisotopic (exact) mass is 433 g/mol. The predicted octanol–water partition coefficient (Wildman–Crippen LogP) is 4.55. The first-order valence-corrected chi connectivity index (χ1v) is 11.1. The topological polar surface area (TPSA) is 72.2 Å². The number of amides is 1. The third-order valence-corrected chi connectivity index (χ3v) is 5.95. The van der Waals surface area contributed by atoms with Crippen molar-refractivity contribution in [1.82, 2.24) is 20.2 Å². The molecule has 8 heteroatoms. The van der Waals surface area contributed by atoms with Crippen LogP contribution in [0.25, 0.3) is 17.1 Å². The molecule has 1 amide bonds. The molecule has 2 aromatic carbocycles. The maximum Gasteiger partial charge on any atom is 0.250 e. The van der Waals surface area contributed by atoms with Gasteiger partial charge in [0.05, 0.1) is 12.0 Å². The molecule has 0 unspecified atom stereocenters. The minimum Gasteiger partial charge on any atom is -0.272 e. The van der Waals surface area contributed by atoms with E-state index in [-0.39, 0.29) is 11.7 Å². The molecule has 0 aliphatic heterocycles. The summed E-state index contributed by atoms with van der Waals surface area (Å²) in [5.74, 6) is 0.714. The zero-order valence-corrected chi connectivity index (χ0v) is 17.9. The van der Waals surface area contributed by atoms with Crippen molar-refractivity contribution in [1.29, 1.82) is 0 Å². The Morgan fingerprint density at radius 3 is 2.63 bits per heavy atom. The Labute approximate surface area is 182 Å². The summed E-state index contributed by atoms with van der Waals surface area (Å²) >= 11 is 2.88. The second-order valence-corrected chi connectivity index (χ2v) is 8.36. The second-order valence-electron chi connectivity index (χ2n) is 6.44. The first kappa shape index (κ1) is 20.1. The molecule has 4 rings (SSSR count). The molecule has 0 aliphatic carbocycles. The van der Waals surface area contributed by atoms with Crippen LogP contribution in [-0.2, 0) is 4.79 Å². The number of aryl methyl sites for hydroxylation is 1. The van der Waals surface area contributed by atoms with Crippen LogP contribution in [0.5, 0.6) is 0 Å². The van der Waals surface area contributed by atoms with Crippen molar-refractivity contribution in [2.45, 2.75) is 12.1 Å². The van der Waals surface area contributed by atoms with Gasteiger partial charge in [-0.25, -0.2) is 5.43 Å². The molecular weight excluding hydrogens is 414 g/mol. The number of nitrogens with zero attached hydrogens (tertiary/aromatic N) is 4. The molecule has 2 aromatic heterocycles. The van der Waals surface area contributed by atoms with E-state index in [4.69, 9.17) is 0 Å². The summed E-state index contributed by atoms with van der Waals surface area (Å²) < 4.78 is 1.97. The summed E-state index contributed by atoms with van der Waals surface area (Å²) in [4.78, 5) is 13.2. The van der Waals surface area contributed by atoms with E-state index in [0.717, 1.165) is 22.0 Å².